The molecular weight excluding hydrogens is 298 g/mol. The average Bonchev–Trinajstić information content (AvgIpc) is 2.85. The summed E-state index contributed by atoms with van der Waals surface area (Å²) in [6.45, 7) is 11.7. The molecule has 3 aromatic rings. The Morgan fingerprint density at radius 1 is 1.17 bits per heavy atom. The molecule has 1 N–H and O–H groups in total. The Kier molecular flexibility index (Phi) is 4.69. The first-order valence-electron chi connectivity index (χ1n) is 8.90. The highest BCUT2D eigenvalue weighted by atomic mass is 15.3. The Hall–Kier alpha value is -2.17. The largest absolute Gasteiger partial charge is 0.370 e. The molecule has 0 amide bonds. The number of nitrogens with zero attached hydrogens (tertiary/aromatic N) is 4. The van der Waals surface area contributed by atoms with Gasteiger partial charge in [0.1, 0.15) is 5.82 Å². The zero-order valence-electron chi connectivity index (χ0n) is 15.3. The van der Waals surface area contributed by atoms with Crippen LogP contribution < -0.4 is 5.32 Å². The molecule has 128 valence electrons. The highest BCUT2D eigenvalue weighted by molar-refractivity contribution is 5.93. The molecule has 5 nitrogen and oxygen atoms in total. The Balaban J connectivity index is 2.15. The summed E-state index contributed by atoms with van der Waals surface area (Å²) >= 11 is 0. The van der Waals surface area contributed by atoms with Gasteiger partial charge in [0, 0.05) is 24.0 Å². The number of pyridine rings is 1. The molecular formula is C19H27N5. The van der Waals surface area contributed by atoms with Gasteiger partial charge in [0.05, 0.1) is 5.39 Å². The number of anilines is 1. The lowest BCUT2D eigenvalue weighted by Crippen LogP contribution is -2.10. The molecule has 0 saturated heterocycles. The number of hydrogen-bond acceptors (Lipinski definition) is 4. The van der Waals surface area contributed by atoms with Crippen LogP contribution in [0.4, 0.5) is 5.82 Å². The van der Waals surface area contributed by atoms with Crippen LogP contribution in [0.15, 0.2) is 12.1 Å². The van der Waals surface area contributed by atoms with Crippen molar-refractivity contribution in [2.75, 3.05) is 11.9 Å². The van der Waals surface area contributed by atoms with E-state index in [4.69, 9.17) is 10.1 Å². The smallest absolute Gasteiger partial charge is 0.184 e. The molecule has 0 unspecified atom stereocenters. The van der Waals surface area contributed by atoms with E-state index in [0.717, 1.165) is 59.7 Å². The van der Waals surface area contributed by atoms with E-state index in [-0.39, 0.29) is 0 Å². The van der Waals surface area contributed by atoms with Crippen LogP contribution in [0, 0.1) is 19.8 Å². The molecule has 0 aliphatic rings. The quantitative estimate of drug-likeness (QED) is 0.734. The van der Waals surface area contributed by atoms with Gasteiger partial charge in [0.15, 0.2) is 11.3 Å². The predicted molar refractivity (Wildman–Crippen MR) is 99.7 cm³/mol. The molecule has 0 aromatic carbocycles. The molecule has 3 heterocycles. The topological polar surface area (TPSA) is 55.1 Å². The van der Waals surface area contributed by atoms with E-state index in [1.165, 1.54) is 5.56 Å². The van der Waals surface area contributed by atoms with Gasteiger partial charge < -0.3 is 5.32 Å². The van der Waals surface area contributed by atoms with Gasteiger partial charge in [-0.2, -0.15) is 4.52 Å². The maximum absolute atomic E-state index is 4.87. The van der Waals surface area contributed by atoms with Crippen molar-refractivity contribution < 1.29 is 0 Å². The van der Waals surface area contributed by atoms with Crippen molar-refractivity contribution >= 4 is 22.5 Å². The van der Waals surface area contributed by atoms with Crippen LogP contribution in [0.1, 0.15) is 50.6 Å². The summed E-state index contributed by atoms with van der Waals surface area (Å²) in [5.41, 5.74) is 4.97. The fourth-order valence-corrected chi connectivity index (χ4v) is 3.07. The lowest BCUT2D eigenvalue weighted by molar-refractivity contribution is 0.605. The summed E-state index contributed by atoms with van der Waals surface area (Å²) in [6.07, 6.45) is 3.18. The first-order chi connectivity index (χ1) is 11.5. The van der Waals surface area contributed by atoms with Crippen molar-refractivity contribution in [3.63, 3.8) is 0 Å². The highest BCUT2D eigenvalue weighted by Crippen LogP contribution is 2.25. The fraction of sp³-hybridized carbons (Fsp3) is 0.526. The van der Waals surface area contributed by atoms with Gasteiger partial charge in [-0.25, -0.2) is 9.97 Å². The molecule has 0 aliphatic heterocycles. The minimum Gasteiger partial charge on any atom is -0.370 e. The van der Waals surface area contributed by atoms with Gasteiger partial charge >= 0.3 is 0 Å². The first-order valence-corrected chi connectivity index (χ1v) is 8.90. The van der Waals surface area contributed by atoms with E-state index in [2.05, 4.69) is 50.1 Å². The maximum Gasteiger partial charge on any atom is 0.184 e. The molecule has 0 atom stereocenters. The number of hydrogen-bond donors (Lipinski definition) is 1. The van der Waals surface area contributed by atoms with E-state index < -0.39 is 0 Å². The SMILES string of the molecule is CCCc1cc(NCCC(C)C)n2nc3nc(C)cc(C)c3c2n1. The molecule has 0 spiro atoms. The molecule has 3 aromatic heterocycles. The normalized spacial score (nSPS) is 11.8. The van der Waals surface area contributed by atoms with Crippen molar-refractivity contribution in [2.24, 2.45) is 5.92 Å². The molecule has 0 saturated carbocycles. The Morgan fingerprint density at radius 3 is 2.67 bits per heavy atom. The van der Waals surface area contributed by atoms with Gasteiger partial charge in [0.25, 0.3) is 0 Å². The van der Waals surface area contributed by atoms with E-state index in [1.807, 2.05) is 11.4 Å². The van der Waals surface area contributed by atoms with Gasteiger partial charge in [-0.1, -0.05) is 27.2 Å². The van der Waals surface area contributed by atoms with Crippen LogP contribution in [0.3, 0.4) is 0 Å². The Morgan fingerprint density at radius 2 is 1.96 bits per heavy atom. The molecule has 0 aliphatic carbocycles. The van der Waals surface area contributed by atoms with Crippen LogP contribution in [-0.2, 0) is 6.42 Å². The van der Waals surface area contributed by atoms with Crippen LogP contribution in [-0.4, -0.2) is 26.1 Å². The van der Waals surface area contributed by atoms with E-state index in [0.29, 0.717) is 5.92 Å². The summed E-state index contributed by atoms with van der Waals surface area (Å²) in [5.74, 6) is 1.69. The molecule has 24 heavy (non-hydrogen) atoms. The van der Waals surface area contributed by atoms with Crippen LogP contribution in [0.25, 0.3) is 16.7 Å². The minimum atomic E-state index is 0.674. The summed E-state index contributed by atoms with van der Waals surface area (Å²) in [7, 11) is 0. The van der Waals surface area contributed by atoms with Gasteiger partial charge in [0.2, 0.25) is 0 Å². The molecule has 0 fully saturated rings. The minimum absolute atomic E-state index is 0.674. The van der Waals surface area contributed by atoms with Crippen LogP contribution >= 0.6 is 0 Å². The molecule has 5 heteroatoms. The third-order valence-corrected chi connectivity index (χ3v) is 4.26. The summed E-state index contributed by atoms with van der Waals surface area (Å²) < 4.78 is 1.92. The maximum atomic E-state index is 4.87. The second-order valence-electron chi connectivity index (χ2n) is 7.01. The monoisotopic (exact) mass is 325 g/mol. The third kappa shape index (κ3) is 3.21. The highest BCUT2D eigenvalue weighted by Gasteiger charge is 2.15. The van der Waals surface area contributed by atoms with Crippen molar-refractivity contribution in [1.29, 1.82) is 0 Å². The van der Waals surface area contributed by atoms with E-state index >= 15 is 0 Å². The first kappa shape index (κ1) is 16.7. The fourth-order valence-electron chi connectivity index (χ4n) is 3.07. The Bertz CT molecular complexity index is 863. The van der Waals surface area contributed by atoms with Crippen molar-refractivity contribution in [2.45, 2.75) is 53.9 Å². The second-order valence-corrected chi connectivity index (χ2v) is 7.01. The van der Waals surface area contributed by atoms with E-state index in [9.17, 15) is 0 Å². The van der Waals surface area contributed by atoms with Gasteiger partial charge in [-0.3, -0.25) is 0 Å². The van der Waals surface area contributed by atoms with Crippen LogP contribution in [0.5, 0.6) is 0 Å². The number of aromatic nitrogens is 4. The lowest BCUT2D eigenvalue weighted by atomic mass is 10.1. The molecule has 0 radical (unpaired) electrons. The summed E-state index contributed by atoms with van der Waals surface area (Å²) in [6, 6.07) is 4.23. The van der Waals surface area contributed by atoms with Crippen molar-refractivity contribution in [1.82, 2.24) is 19.6 Å². The number of rotatable bonds is 6. The lowest BCUT2D eigenvalue weighted by Gasteiger charge is -2.11. The zero-order chi connectivity index (χ0) is 17.3. The summed E-state index contributed by atoms with van der Waals surface area (Å²) in [4.78, 5) is 9.47. The van der Waals surface area contributed by atoms with Crippen LogP contribution in [0.2, 0.25) is 0 Å². The zero-order valence-corrected chi connectivity index (χ0v) is 15.3. The molecule has 0 bridgehead atoms. The van der Waals surface area contributed by atoms with Crippen molar-refractivity contribution in [3.05, 3.63) is 29.1 Å². The van der Waals surface area contributed by atoms with Crippen molar-refractivity contribution in [3.8, 4) is 0 Å². The van der Waals surface area contributed by atoms with E-state index in [1.54, 1.807) is 0 Å². The third-order valence-electron chi connectivity index (χ3n) is 4.26. The Labute approximate surface area is 143 Å². The van der Waals surface area contributed by atoms with Gasteiger partial charge in [-0.05, 0) is 44.2 Å². The second kappa shape index (κ2) is 6.75. The predicted octanol–water partition coefficient (Wildman–Crippen LogP) is 4.30. The number of fused-ring (bicyclic) bond motifs is 3. The van der Waals surface area contributed by atoms with Gasteiger partial charge in [-0.15, -0.1) is 5.10 Å². The molecule has 3 rings (SSSR count). The average molecular weight is 325 g/mol. The number of nitrogens with one attached hydrogen (secondary N) is 1. The standard InChI is InChI=1S/C19H27N5/c1-6-7-15-11-16(20-9-8-12(2)3)24-19(22-15)17-13(4)10-14(5)21-18(17)23-24/h10-12,20H,6-9H2,1-5H3. The summed E-state index contributed by atoms with van der Waals surface area (Å²) in [5, 5.41) is 9.32. The number of aryl methyl sites for hydroxylation is 3.